The molecule has 1 aromatic rings. The Hall–Kier alpha value is -1.89. The molecule has 0 aliphatic carbocycles. The van der Waals surface area contributed by atoms with E-state index in [1.54, 1.807) is 6.92 Å². The Bertz CT molecular complexity index is 667. The molecule has 6 nitrogen and oxygen atoms in total. The molecule has 2 rings (SSSR count). The highest BCUT2D eigenvalue weighted by atomic mass is 32.2. The van der Waals surface area contributed by atoms with Crippen LogP contribution in [0.1, 0.15) is 34.1 Å². The maximum atomic E-state index is 12.1. The first-order valence-electron chi connectivity index (χ1n) is 6.06. The summed E-state index contributed by atoms with van der Waals surface area (Å²) in [5, 5.41) is 13.6. The van der Waals surface area contributed by atoms with Gasteiger partial charge in [-0.15, -0.1) is 0 Å². The lowest BCUT2D eigenvalue weighted by atomic mass is 10.00. The third kappa shape index (κ3) is 2.98. The third-order valence-corrected chi connectivity index (χ3v) is 5.21. The molecule has 108 valence electrons. The minimum atomic E-state index is -3.15. The van der Waals surface area contributed by atoms with Gasteiger partial charge in [0.2, 0.25) is 0 Å². The fraction of sp³-hybridized carbons (Fsp3) is 0.385. The van der Waals surface area contributed by atoms with Crippen molar-refractivity contribution in [2.45, 2.75) is 18.9 Å². The van der Waals surface area contributed by atoms with Gasteiger partial charge in [-0.25, -0.2) is 8.42 Å². The Labute approximate surface area is 116 Å². The second-order valence-corrected chi connectivity index (χ2v) is 7.37. The van der Waals surface area contributed by atoms with E-state index in [1.165, 1.54) is 24.3 Å². The van der Waals surface area contributed by atoms with Gasteiger partial charge in [0.1, 0.15) is 0 Å². The van der Waals surface area contributed by atoms with Crippen LogP contribution in [0, 0.1) is 0 Å². The van der Waals surface area contributed by atoms with Gasteiger partial charge in [0, 0.05) is 11.1 Å². The van der Waals surface area contributed by atoms with Crippen molar-refractivity contribution >= 4 is 21.7 Å². The lowest BCUT2D eigenvalue weighted by molar-refractivity contribution is -0.255. The Morgan fingerprint density at radius 3 is 2.35 bits per heavy atom. The number of benzene rings is 1. The number of carbonyl (C=O) groups is 2. The average Bonchev–Trinajstić information content (AvgIpc) is 2.63. The van der Waals surface area contributed by atoms with Crippen LogP contribution in [0.25, 0.3) is 0 Å². The normalized spacial score (nSPS) is 24.2. The zero-order valence-corrected chi connectivity index (χ0v) is 11.7. The molecule has 0 spiro atoms. The predicted molar refractivity (Wildman–Crippen MR) is 69.9 cm³/mol. The summed E-state index contributed by atoms with van der Waals surface area (Å²) in [5.41, 5.74) is -1.11. The molecule has 1 fully saturated rings. The molecule has 0 aromatic heterocycles. The molecule has 1 amide bonds. The van der Waals surface area contributed by atoms with E-state index in [0.717, 1.165) is 0 Å². The molecule has 1 aromatic carbocycles. The predicted octanol–water partition coefficient (Wildman–Crippen LogP) is -0.643. The van der Waals surface area contributed by atoms with Crippen LogP contribution in [0.15, 0.2) is 24.3 Å². The van der Waals surface area contributed by atoms with Crippen LogP contribution in [0.5, 0.6) is 0 Å². The summed E-state index contributed by atoms with van der Waals surface area (Å²) in [6, 6.07) is 5.67. The van der Waals surface area contributed by atoms with Gasteiger partial charge in [-0.3, -0.25) is 4.79 Å². The van der Waals surface area contributed by atoms with E-state index in [4.69, 9.17) is 0 Å². The first-order valence-corrected chi connectivity index (χ1v) is 7.88. The van der Waals surface area contributed by atoms with Crippen molar-refractivity contribution in [3.63, 3.8) is 0 Å². The van der Waals surface area contributed by atoms with Crippen LogP contribution in [0.3, 0.4) is 0 Å². The SMILES string of the molecule is C[C@@]1(NC(=O)c2ccccc2C(=O)[O-])CCS(=O)(=O)C1. The fourth-order valence-corrected chi connectivity index (χ4v) is 4.40. The van der Waals surface area contributed by atoms with Crippen LogP contribution >= 0.6 is 0 Å². The third-order valence-electron chi connectivity index (χ3n) is 3.31. The standard InChI is InChI=1S/C13H15NO5S/c1-13(6-7-20(18,19)8-13)14-11(15)9-4-2-3-5-10(9)12(16)17/h2-5H,6-8H2,1H3,(H,14,15)(H,16,17)/p-1/t13-/m1/s1. The molecule has 1 aliphatic rings. The molecule has 1 saturated heterocycles. The summed E-state index contributed by atoms with van der Waals surface area (Å²) in [6.45, 7) is 1.64. The Morgan fingerprint density at radius 2 is 1.85 bits per heavy atom. The van der Waals surface area contributed by atoms with Gasteiger partial charge in [0.25, 0.3) is 5.91 Å². The van der Waals surface area contributed by atoms with Gasteiger partial charge in [0.15, 0.2) is 9.84 Å². The minimum Gasteiger partial charge on any atom is -0.545 e. The lowest BCUT2D eigenvalue weighted by Crippen LogP contribution is -2.47. The first-order chi connectivity index (χ1) is 9.22. The zero-order valence-electron chi connectivity index (χ0n) is 10.9. The highest BCUT2D eigenvalue weighted by molar-refractivity contribution is 7.91. The van der Waals surface area contributed by atoms with Crippen molar-refractivity contribution in [2.75, 3.05) is 11.5 Å². The molecule has 0 unspecified atom stereocenters. The quantitative estimate of drug-likeness (QED) is 0.799. The maximum Gasteiger partial charge on any atom is 0.252 e. The van der Waals surface area contributed by atoms with Crippen molar-refractivity contribution in [3.8, 4) is 0 Å². The molecule has 1 atom stereocenters. The average molecular weight is 296 g/mol. The largest absolute Gasteiger partial charge is 0.545 e. The Balaban J connectivity index is 2.24. The van der Waals surface area contributed by atoms with Crippen LogP contribution in [-0.4, -0.2) is 37.3 Å². The molecule has 1 aliphatic heterocycles. The number of amides is 1. The molecule has 7 heteroatoms. The summed E-state index contributed by atoms with van der Waals surface area (Å²) < 4.78 is 23.0. The highest BCUT2D eigenvalue weighted by Crippen LogP contribution is 2.23. The monoisotopic (exact) mass is 296 g/mol. The van der Waals surface area contributed by atoms with E-state index < -0.39 is 27.3 Å². The second kappa shape index (κ2) is 4.90. The Morgan fingerprint density at radius 1 is 1.25 bits per heavy atom. The fourth-order valence-electron chi connectivity index (χ4n) is 2.31. The van der Waals surface area contributed by atoms with Gasteiger partial charge in [-0.2, -0.15) is 0 Å². The topological polar surface area (TPSA) is 103 Å². The molecule has 1 heterocycles. The van der Waals surface area contributed by atoms with Gasteiger partial charge < -0.3 is 15.2 Å². The van der Waals surface area contributed by atoms with E-state index in [0.29, 0.717) is 6.42 Å². The Kier molecular flexibility index (Phi) is 3.56. The van der Waals surface area contributed by atoms with Crippen molar-refractivity contribution < 1.29 is 23.1 Å². The number of nitrogens with one attached hydrogen (secondary N) is 1. The highest BCUT2D eigenvalue weighted by Gasteiger charge is 2.39. The molecule has 0 saturated carbocycles. The second-order valence-electron chi connectivity index (χ2n) is 5.19. The van der Waals surface area contributed by atoms with Crippen LogP contribution in [-0.2, 0) is 9.84 Å². The van der Waals surface area contributed by atoms with E-state index in [-0.39, 0.29) is 22.6 Å². The van der Waals surface area contributed by atoms with Gasteiger partial charge in [-0.1, -0.05) is 18.2 Å². The molecule has 1 N–H and O–H groups in total. The number of rotatable bonds is 3. The summed E-state index contributed by atoms with van der Waals surface area (Å²) >= 11 is 0. The first kappa shape index (κ1) is 14.5. The molecular weight excluding hydrogens is 282 g/mol. The molecule has 0 bridgehead atoms. The lowest BCUT2D eigenvalue weighted by Gasteiger charge is -2.24. The van der Waals surface area contributed by atoms with Crippen LogP contribution < -0.4 is 10.4 Å². The van der Waals surface area contributed by atoms with Gasteiger partial charge in [-0.05, 0) is 19.4 Å². The summed E-state index contributed by atoms with van der Waals surface area (Å²) in [6.07, 6.45) is 0.314. The van der Waals surface area contributed by atoms with E-state index in [2.05, 4.69) is 5.32 Å². The number of hydrogen-bond donors (Lipinski definition) is 1. The zero-order chi connectivity index (χ0) is 15.0. The number of sulfone groups is 1. The van der Waals surface area contributed by atoms with Crippen molar-refractivity contribution in [3.05, 3.63) is 35.4 Å². The van der Waals surface area contributed by atoms with Crippen LogP contribution in [0.2, 0.25) is 0 Å². The van der Waals surface area contributed by atoms with Crippen molar-refractivity contribution in [1.82, 2.24) is 5.32 Å². The number of hydrogen-bond acceptors (Lipinski definition) is 5. The maximum absolute atomic E-state index is 12.1. The van der Waals surface area contributed by atoms with Crippen molar-refractivity contribution in [1.29, 1.82) is 0 Å². The summed E-state index contributed by atoms with van der Waals surface area (Å²) in [5.74, 6) is -2.17. The van der Waals surface area contributed by atoms with E-state index in [9.17, 15) is 23.1 Å². The number of aromatic carboxylic acids is 1. The van der Waals surface area contributed by atoms with Gasteiger partial charge >= 0.3 is 0 Å². The number of carboxylic acid groups (broad SMARTS) is 1. The number of carboxylic acids is 1. The number of carbonyl (C=O) groups excluding carboxylic acids is 2. The van der Waals surface area contributed by atoms with E-state index in [1.807, 2.05) is 0 Å². The smallest absolute Gasteiger partial charge is 0.252 e. The summed E-state index contributed by atoms with van der Waals surface area (Å²) in [4.78, 5) is 23.1. The van der Waals surface area contributed by atoms with E-state index >= 15 is 0 Å². The van der Waals surface area contributed by atoms with Crippen LogP contribution in [0.4, 0.5) is 0 Å². The summed E-state index contributed by atoms with van der Waals surface area (Å²) in [7, 11) is -3.15. The molecular formula is C13H14NO5S-. The van der Waals surface area contributed by atoms with Gasteiger partial charge in [0.05, 0.1) is 23.0 Å². The molecule has 20 heavy (non-hydrogen) atoms. The van der Waals surface area contributed by atoms with Crippen molar-refractivity contribution in [2.24, 2.45) is 0 Å². The molecule has 0 radical (unpaired) electrons. The minimum absolute atomic E-state index is 0.0198.